The van der Waals surface area contributed by atoms with Crippen molar-refractivity contribution in [1.29, 1.82) is 0 Å². The van der Waals surface area contributed by atoms with Crippen molar-refractivity contribution in [3.63, 3.8) is 0 Å². The Morgan fingerprint density at radius 3 is 2.70 bits per heavy atom. The van der Waals surface area contributed by atoms with Crippen LogP contribution in [-0.2, 0) is 17.5 Å². The lowest BCUT2D eigenvalue weighted by atomic mass is 10.1. The van der Waals surface area contributed by atoms with E-state index in [1.54, 1.807) is 6.92 Å². The molecular formula is C13H15Cl2F4N3O. The molecule has 0 aliphatic carbocycles. The number of nitrogens with zero attached hydrogens (tertiary/aromatic N) is 1. The largest absolute Gasteiger partial charge is 0.418 e. The van der Waals surface area contributed by atoms with Gasteiger partial charge in [0.1, 0.15) is 11.3 Å². The molecule has 130 valence electrons. The molecule has 1 aliphatic heterocycles. The van der Waals surface area contributed by atoms with E-state index in [-0.39, 0.29) is 36.1 Å². The van der Waals surface area contributed by atoms with Crippen molar-refractivity contribution in [1.82, 2.24) is 15.6 Å². The minimum absolute atomic E-state index is 0. The highest BCUT2D eigenvalue weighted by Gasteiger charge is 2.36. The third-order valence-electron chi connectivity index (χ3n) is 3.50. The van der Waals surface area contributed by atoms with E-state index in [9.17, 15) is 22.4 Å². The van der Waals surface area contributed by atoms with E-state index < -0.39 is 35.9 Å². The number of hydrogen-bond acceptors (Lipinski definition) is 3. The average Bonchev–Trinajstić information content (AvgIpc) is 2.75. The number of hydrogen-bond donors (Lipinski definition) is 2. The summed E-state index contributed by atoms with van der Waals surface area (Å²) in [4.78, 5) is 15.3. The normalized spacial score (nSPS) is 24.2. The molecule has 23 heavy (non-hydrogen) atoms. The summed E-state index contributed by atoms with van der Waals surface area (Å²) in [6, 6.07) is -0.165. The highest BCUT2D eigenvalue weighted by atomic mass is 35.5. The van der Waals surface area contributed by atoms with Gasteiger partial charge in [0, 0.05) is 25.2 Å². The Morgan fingerprint density at radius 2 is 2.17 bits per heavy atom. The molecule has 1 aromatic heterocycles. The van der Waals surface area contributed by atoms with Crippen LogP contribution in [0, 0.1) is 0 Å². The van der Waals surface area contributed by atoms with Gasteiger partial charge in [-0.3, -0.25) is 4.79 Å². The predicted octanol–water partition coefficient (Wildman–Crippen LogP) is 2.88. The second kappa shape index (κ2) is 7.63. The van der Waals surface area contributed by atoms with E-state index in [1.165, 1.54) is 0 Å². The molecule has 0 radical (unpaired) electrons. The molecule has 3 atom stereocenters. The molecular weight excluding hydrogens is 361 g/mol. The fourth-order valence-electron chi connectivity index (χ4n) is 2.28. The molecule has 0 bridgehead atoms. The molecule has 1 fully saturated rings. The van der Waals surface area contributed by atoms with Gasteiger partial charge in [-0.2, -0.15) is 13.2 Å². The topological polar surface area (TPSA) is 54.0 Å². The van der Waals surface area contributed by atoms with Crippen LogP contribution in [0.3, 0.4) is 0 Å². The zero-order valence-corrected chi connectivity index (χ0v) is 13.5. The summed E-state index contributed by atoms with van der Waals surface area (Å²) in [5.41, 5.74) is -1.16. The Morgan fingerprint density at radius 1 is 1.52 bits per heavy atom. The summed E-state index contributed by atoms with van der Waals surface area (Å²) < 4.78 is 51.9. The zero-order chi connectivity index (χ0) is 16.5. The molecule has 10 heteroatoms. The van der Waals surface area contributed by atoms with Gasteiger partial charge in [0.25, 0.3) is 0 Å². The second-order valence-corrected chi connectivity index (χ2v) is 5.53. The number of carbonyl (C=O) groups excluding carboxylic acids is 1. The molecule has 1 saturated heterocycles. The number of nitrogens with one attached hydrogen (secondary N) is 2. The molecule has 2 heterocycles. The van der Waals surface area contributed by atoms with Crippen LogP contribution in [0.15, 0.2) is 12.3 Å². The number of amides is 1. The summed E-state index contributed by atoms with van der Waals surface area (Å²) in [7, 11) is 0. The molecule has 2 N–H and O–H groups in total. The quantitative estimate of drug-likeness (QED) is 0.630. The van der Waals surface area contributed by atoms with Crippen molar-refractivity contribution in [2.75, 3.05) is 0 Å². The SMILES string of the molecule is CC1NC(C(=O)NCc2cc(Cl)ncc2C(F)(F)F)CC1F.Cl. The summed E-state index contributed by atoms with van der Waals surface area (Å²) in [5, 5.41) is 5.01. The highest BCUT2D eigenvalue weighted by Crippen LogP contribution is 2.32. The van der Waals surface area contributed by atoms with Crippen molar-refractivity contribution in [2.45, 2.75) is 44.3 Å². The average molecular weight is 376 g/mol. The van der Waals surface area contributed by atoms with E-state index in [0.29, 0.717) is 6.20 Å². The molecule has 1 aromatic rings. The second-order valence-electron chi connectivity index (χ2n) is 5.14. The first-order chi connectivity index (χ1) is 10.2. The van der Waals surface area contributed by atoms with Gasteiger partial charge >= 0.3 is 6.18 Å². The van der Waals surface area contributed by atoms with Gasteiger partial charge in [0.2, 0.25) is 5.91 Å². The molecule has 0 spiro atoms. The van der Waals surface area contributed by atoms with Gasteiger partial charge in [-0.25, -0.2) is 9.37 Å². The van der Waals surface area contributed by atoms with E-state index in [1.807, 2.05) is 0 Å². The monoisotopic (exact) mass is 375 g/mol. The lowest BCUT2D eigenvalue weighted by Crippen LogP contribution is -2.42. The fraction of sp³-hybridized carbons (Fsp3) is 0.538. The van der Waals surface area contributed by atoms with Crippen LogP contribution in [0.2, 0.25) is 5.15 Å². The summed E-state index contributed by atoms with van der Waals surface area (Å²) >= 11 is 5.59. The lowest BCUT2D eigenvalue weighted by Gasteiger charge is -2.15. The molecule has 4 nitrogen and oxygen atoms in total. The minimum atomic E-state index is -4.60. The number of pyridine rings is 1. The Hall–Kier alpha value is -1.12. The molecule has 0 aromatic carbocycles. The van der Waals surface area contributed by atoms with Crippen LogP contribution >= 0.6 is 24.0 Å². The smallest absolute Gasteiger partial charge is 0.351 e. The minimum Gasteiger partial charge on any atom is -0.351 e. The Balaban J connectivity index is 0.00000264. The van der Waals surface area contributed by atoms with E-state index in [0.717, 1.165) is 6.07 Å². The number of carbonyl (C=O) groups is 1. The Kier molecular flexibility index (Phi) is 6.61. The van der Waals surface area contributed by atoms with Gasteiger partial charge in [-0.05, 0) is 18.6 Å². The zero-order valence-electron chi connectivity index (χ0n) is 12.0. The van der Waals surface area contributed by atoms with E-state index >= 15 is 0 Å². The summed E-state index contributed by atoms with van der Waals surface area (Å²) in [5.74, 6) is -0.548. The third-order valence-corrected chi connectivity index (χ3v) is 3.71. The molecule has 3 unspecified atom stereocenters. The van der Waals surface area contributed by atoms with Gasteiger partial charge in [0.15, 0.2) is 0 Å². The number of aromatic nitrogens is 1. The van der Waals surface area contributed by atoms with Gasteiger partial charge in [-0.15, -0.1) is 12.4 Å². The van der Waals surface area contributed by atoms with Gasteiger partial charge < -0.3 is 10.6 Å². The lowest BCUT2D eigenvalue weighted by molar-refractivity contribution is -0.138. The van der Waals surface area contributed by atoms with Crippen molar-refractivity contribution in [2.24, 2.45) is 0 Å². The van der Waals surface area contributed by atoms with Crippen LogP contribution in [0.4, 0.5) is 17.6 Å². The van der Waals surface area contributed by atoms with E-state index in [4.69, 9.17) is 11.6 Å². The van der Waals surface area contributed by atoms with E-state index in [2.05, 4.69) is 15.6 Å². The maximum Gasteiger partial charge on any atom is 0.418 e. The van der Waals surface area contributed by atoms with Crippen molar-refractivity contribution in [3.8, 4) is 0 Å². The van der Waals surface area contributed by atoms with Gasteiger partial charge in [0.05, 0.1) is 11.6 Å². The first-order valence-electron chi connectivity index (χ1n) is 6.58. The number of halogens is 6. The maximum atomic E-state index is 13.3. The molecule has 1 amide bonds. The predicted molar refractivity (Wildman–Crippen MR) is 79.2 cm³/mol. The number of rotatable bonds is 3. The summed E-state index contributed by atoms with van der Waals surface area (Å²) in [6.45, 7) is 1.24. The first kappa shape index (κ1) is 19.9. The van der Waals surface area contributed by atoms with Crippen molar-refractivity contribution < 1.29 is 22.4 Å². The number of alkyl halides is 4. The molecule has 2 rings (SSSR count). The molecule has 0 saturated carbocycles. The van der Waals surface area contributed by atoms with Gasteiger partial charge in [-0.1, -0.05) is 11.6 Å². The Labute approximate surface area is 141 Å². The third kappa shape index (κ3) is 4.92. The van der Waals surface area contributed by atoms with Crippen LogP contribution in [-0.4, -0.2) is 29.1 Å². The van der Waals surface area contributed by atoms with Crippen molar-refractivity contribution in [3.05, 3.63) is 28.5 Å². The van der Waals surface area contributed by atoms with Crippen LogP contribution in [0.1, 0.15) is 24.5 Å². The maximum absolute atomic E-state index is 13.3. The Bertz CT molecular complexity index is 561. The first-order valence-corrected chi connectivity index (χ1v) is 6.95. The van der Waals surface area contributed by atoms with Crippen LogP contribution in [0.25, 0.3) is 0 Å². The van der Waals surface area contributed by atoms with Crippen LogP contribution in [0.5, 0.6) is 0 Å². The summed E-state index contributed by atoms with van der Waals surface area (Å²) in [6.07, 6.45) is -5.13. The standard InChI is InChI=1S/C13H14ClF4N3O.ClH/c1-6-9(15)3-10(21-6)12(22)20-4-7-2-11(14)19-5-8(7)13(16,17)18;/h2,5-6,9-10,21H,3-4H2,1H3,(H,20,22);1H. The molecule has 1 aliphatic rings. The fourth-order valence-corrected chi connectivity index (χ4v) is 2.46. The van der Waals surface area contributed by atoms with Crippen LogP contribution < -0.4 is 10.6 Å². The highest BCUT2D eigenvalue weighted by molar-refractivity contribution is 6.29. The van der Waals surface area contributed by atoms with Crippen molar-refractivity contribution >= 4 is 29.9 Å².